The van der Waals surface area contributed by atoms with Crippen molar-refractivity contribution in [2.75, 3.05) is 10.6 Å². The Morgan fingerprint density at radius 2 is 1.56 bits per heavy atom. The highest BCUT2D eigenvalue weighted by Gasteiger charge is 2.29. The zero-order chi connectivity index (χ0) is 19.4. The number of aromatic nitrogens is 2. The van der Waals surface area contributed by atoms with Gasteiger partial charge >= 0.3 is 6.18 Å². The van der Waals surface area contributed by atoms with Crippen molar-refractivity contribution in [1.29, 1.82) is 0 Å². The standard InChI is InChI=1S/C19H16ClF3N4/c1-12-25-17(24-11-13-2-6-15(20)7-3-13)10-18(26-12)27-16-8-4-14(5-9-16)19(21,22)23/h2-10H,11H2,1H3,(H2,24,25,26,27). The van der Waals surface area contributed by atoms with Gasteiger partial charge < -0.3 is 10.6 Å². The number of anilines is 3. The highest BCUT2D eigenvalue weighted by atomic mass is 35.5. The van der Waals surface area contributed by atoms with E-state index in [9.17, 15) is 13.2 Å². The predicted molar refractivity (Wildman–Crippen MR) is 100 cm³/mol. The number of rotatable bonds is 5. The molecule has 140 valence electrons. The Morgan fingerprint density at radius 3 is 2.19 bits per heavy atom. The molecule has 1 aromatic heterocycles. The number of nitrogens with one attached hydrogen (secondary N) is 2. The average Bonchev–Trinajstić information content (AvgIpc) is 2.60. The lowest BCUT2D eigenvalue weighted by Gasteiger charge is -2.11. The van der Waals surface area contributed by atoms with Crippen LogP contribution in [0.3, 0.4) is 0 Å². The second kappa shape index (κ2) is 7.84. The first-order valence-corrected chi connectivity index (χ1v) is 8.46. The normalized spacial score (nSPS) is 11.3. The minimum atomic E-state index is -4.36. The number of aryl methyl sites for hydroxylation is 1. The summed E-state index contributed by atoms with van der Waals surface area (Å²) in [5, 5.41) is 6.85. The second-order valence-electron chi connectivity index (χ2n) is 5.87. The van der Waals surface area contributed by atoms with Gasteiger partial charge in [0, 0.05) is 23.3 Å². The van der Waals surface area contributed by atoms with Crippen LogP contribution in [0.5, 0.6) is 0 Å². The molecule has 0 atom stereocenters. The quantitative estimate of drug-likeness (QED) is 0.575. The van der Waals surface area contributed by atoms with E-state index in [1.807, 2.05) is 12.1 Å². The van der Waals surface area contributed by atoms with Crippen molar-refractivity contribution in [3.63, 3.8) is 0 Å². The monoisotopic (exact) mass is 392 g/mol. The van der Waals surface area contributed by atoms with Crippen LogP contribution in [-0.4, -0.2) is 9.97 Å². The van der Waals surface area contributed by atoms with Crippen LogP contribution >= 0.6 is 11.6 Å². The molecule has 4 nitrogen and oxygen atoms in total. The van der Waals surface area contributed by atoms with Crippen LogP contribution in [0.25, 0.3) is 0 Å². The summed E-state index contributed by atoms with van der Waals surface area (Å²) in [6.07, 6.45) is -4.36. The summed E-state index contributed by atoms with van der Waals surface area (Å²) in [5.74, 6) is 1.62. The number of halogens is 4. The lowest BCUT2D eigenvalue weighted by atomic mass is 10.2. The Labute approximate surface area is 159 Å². The minimum absolute atomic E-state index is 0.487. The maximum absolute atomic E-state index is 12.6. The summed E-state index contributed by atoms with van der Waals surface area (Å²) in [6, 6.07) is 13.9. The molecule has 0 unspecified atom stereocenters. The summed E-state index contributed by atoms with van der Waals surface area (Å²) in [5.41, 5.74) is 0.843. The molecule has 27 heavy (non-hydrogen) atoms. The third-order valence-electron chi connectivity index (χ3n) is 3.71. The molecule has 0 aliphatic carbocycles. The first-order chi connectivity index (χ1) is 12.8. The number of alkyl halides is 3. The molecule has 0 aliphatic rings. The Morgan fingerprint density at radius 1 is 0.926 bits per heavy atom. The SMILES string of the molecule is Cc1nc(NCc2ccc(Cl)cc2)cc(Nc2ccc(C(F)(F)F)cc2)n1. The fraction of sp³-hybridized carbons (Fsp3) is 0.158. The molecule has 0 amide bonds. The molecule has 0 aliphatic heterocycles. The molecular formula is C19H16ClF3N4. The van der Waals surface area contributed by atoms with Gasteiger partial charge in [-0.15, -0.1) is 0 Å². The summed E-state index contributed by atoms with van der Waals surface area (Å²) in [7, 11) is 0. The first kappa shape index (κ1) is 19.0. The van der Waals surface area contributed by atoms with Crippen LogP contribution in [0.1, 0.15) is 17.0 Å². The van der Waals surface area contributed by atoms with Crippen LogP contribution in [0, 0.1) is 6.92 Å². The fourth-order valence-electron chi connectivity index (χ4n) is 2.41. The van der Waals surface area contributed by atoms with E-state index in [0.717, 1.165) is 17.7 Å². The predicted octanol–water partition coefficient (Wildman–Crippen LogP) is 5.81. The van der Waals surface area contributed by atoms with Crippen LogP contribution in [0.15, 0.2) is 54.6 Å². The van der Waals surface area contributed by atoms with Gasteiger partial charge in [-0.2, -0.15) is 13.2 Å². The molecule has 0 saturated heterocycles. The van der Waals surface area contributed by atoms with Gasteiger partial charge in [-0.05, 0) is 48.9 Å². The van der Waals surface area contributed by atoms with Crippen LogP contribution in [-0.2, 0) is 12.7 Å². The zero-order valence-electron chi connectivity index (χ0n) is 14.3. The largest absolute Gasteiger partial charge is 0.416 e. The molecule has 2 N–H and O–H groups in total. The van der Waals surface area contributed by atoms with Crippen molar-refractivity contribution < 1.29 is 13.2 Å². The molecule has 0 radical (unpaired) electrons. The van der Waals surface area contributed by atoms with E-state index in [-0.39, 0.29) is 0 Å². The lowest BCUT2D eigenvalue weighted by molar-refractivity contribution is -0.137. The molecule has 1 heterocycles. The second-order valence-corrected chi connectivity index (χ2v) is 6.30. The third kappa shape index (κ3) is 5.34. The van der Waals surface area contributed by atoms with E-state index in [4.69, 9.17) is 11.6 Å². The minimum Gasteiger partial charge on any atom is -0.366 e. The van der Waals surface area contributed by atoms with Gasteiger partial charge in [-0.3, -0.25) is 0 Å². The summed E-state index contributed by atoms with van der Waals surface area (Å²) >= 11 is 5.87. The number of nitrogens with zero attached hydrogens (tertiary/aromatic N) is 2. The summed E-state index contributed by atoms with van der Waals surface area (Å²) in [6.45, 7) is 2.29. The molecule has 3 aromatic rings. The van der Waals surface area contributed by atoms with Crippen LogP contribution in [0.4, 0.5) is 30.5 Å². The Hall–Kier alpha value is -2.80. The van der Waals surface area contributed by atoms with Gasteiger partial charge in [0.25, 0.3) is 0 Å². The van der Waals surface area contributed by atoms with Crippen molar-refractivity contribution in [2.24, 2.45) is 0 Å². The average molecular weight is 393 g/mol. The Bertz CT molecular complexity index is 910. The number of hydrogen-bond acceptors (Lipinski definition) is 4. The molecule has 0 fully saturated rings. The van der Waals surface area contributed by atoms with Crippen molar-refractivity contribution in [1.82, 2.24) is 9.97 Å². The van der Waals surface area contributed by atoms with Crippen molar-refractivity contribution in [3.8, 4) is 0 Å². The van der Waals surface area contributed by atoms with Crippen LogP contribution in [0.2, 0.25) is 5.02 Å². The highest BCUT2D eigenvalue weighted by Crippen LogP contribution is 2.30. The van der Waals surface area contributed by atoms with Gasteiger partial charge in [-0.25, -0.2) is 9.97 Å². The molecule has 0 saturated carbocycles. The first-order valence-electron chi connectivity index (χ1n) is 8.08. The maximum Gasteiger partial charge on any atom is 0.416 e. The smallest absolute Gasteiger partial charge is 0.366 e. The van der Waals surface area contributed by atoms with Gasteiger partial charge in [-0.1, -0.05) is 23.7 Å². The zero-order valence-corrected chi connectivity index (χ0v) is 15.1. The van der Waals surface area contributed by atoms with Gasteiger partial charge in [0.15, 0.2) is 0 Å². The van der Waals surface area contributed by atoms with E-state index >= 15 is 0 Å². The van der Waals surface area contributed by atoms with Crippen molar-refractivity contribution in [3.05, 3.63) is 76.6 Å². The van der Waals surface area contributed by atoms with E-state index < -0.39 is 11.7 Å². The number of benzene rings is 2. The maximum atomic E-state index is 12.6. The molecule has 2 aromatic carbocycles. The molecule has 0 bridgehead atoms. The third-order valence-corrected chi connectivity index (χ3v) is 3.96. The Balaban J connectivity index is 1.70. The molecule has 0 spiro atoms. The summed E-state index contributed by atoms with van der Waals surface area (Å²) in [4.78, 5) is 8.58. The fourth-order valence-corrected chi connectivity index (χ4v) is 2.53. The lowest BCUT2D eigenvalue weighted by Crippen LogP contribution is -2.06. The molecule has 3 rings (SSSR count). The Kier molecular flexibility index (Phi) is 5.51. The van der Waals surface area contributed by atoms with Gasteiger partial charge in [0.1, 0.15) is 17.5 Å². The van der Waals surface area contributed by atoms with Gasteiger partial charge in [0.2, 0.25) is 0 Å². The van der Waals surface area contributed by atoms with Crippen LogP contribution < -0.4 is 10.6 Å². The van der Waals surface area contributed by atoms with E-state index in [1.54, 1.807) is 25.1 Å². The van der Waals surface area contributed by atoms with E-state index in [1.165, 1.54) is 12.1 Å². The highest BCUT2D eigenvalue weighted by molar-refractivity contribution is 6.30. The summed E-state index contributed by atoms with van der Waals surface area (Å²) < 4.78 is 37.9. The topological polar surface area (TPSA) is 49.8 Å². The number of hydrogen-bond donors (Lipinski definition) is 2. The van der Waals surface area contributed by atoms with Crippen molar-refractivity contribution in [2.45, 2.75) is 19.6 Å². The molecular weight excluding hydrogens is 377 g/mol. The van der Waals surface area contributed by atoms with Crippen molar-refractivity contribution >= 4 is 28.9 Å². The van der Waals surface area contributed by atoms with Gasteiger partial charge in [0.05, 0.1) is 5.56 Å². The van der Waals surface area contributed by atoms with E-state index in [0.29, 0.717) is 34.7 Å². The van der Waals surface area contributed by atoms with E-state index in [2.05, 4.69) is 20.6 Å². The molecule has 8 heteroatoms.